The molecule has 1 aromatic heterocycles. The highest BCUT2D eigenvalue weighted by Crippen LogP contribution is 2.42. The van der Waals surface area contributed by atoms with Crippen LogP contribution in [-0.2, 0) is 4.79 Å². The van der Waals surface area contributed by atoms with Crippen LogP contribution in [0.1, 0.15) is 44.7 Å². The first-order valence-electron chi connectivity index (χ1n) is 7.37. The summed E-state index contributed by atoms with van der Waals surface area (Å²) in [5, 5.41) is 10.7. The van der Waals surface area contributed by atoms with Gasteiger partial charge in [-0.1, -0.05) is 4.68 Å². The fourth-order valence-electron chi connectivity index (χ4n) is 3.19. The van der Waals surface area contributed by atoms with Crippen molar-refractivity contribution >= 4 is 5.91 Å². The number of carbonyl (C=O) groups excluding carboxylic acids is 1. The SMILES string of the molecule is CC1(C)Oc2cc[n+](N)cc2[C@H](N2CCCCC2=O)[C@H]1O.[Br-]. The van der Waals surface area contributed by atoms with Gasteiger partial charge in [-0.2, -0.15) is 0 Å². The van der Waals surface area contributed by atoms with Gasteiger partial charge in [-0.15, -0.1) is 0 Å². The zero-order valence-electron chi connectivity index (χ0n) is 12.8. The smallest absolute Gasteiger partial charge is 0.223 e. The van der Waals surface area contributed by atoms with Gasteiger partial charge in [0.05, 0.1) is 11.6 Å². The van der Waals surface area contributed by atoms with Crippen molar-refractivity contribution in [3.8, 4) is 5.75 Å². The maximum atomic E-state index is 12.3. The van der Waals surface area contributed by atoms with Crippen LogP contribution in [-0.4, -0.2) is 34.2 Å². The average molecular weight is 372 g/mol. The molecule has 122 valence electrons. The number of aliphatic hydroxyl groups is 1. The molecule has 0 unspecified atom stereocenters. The van der Waals surface area contributed by atoms with E-state index in [2.05, 4.69) is 0 Å². The van der Waals surface area contributed by atoms with Crippen molar-refractivity contribution in [3.05, 3.63) is 24.0 Å². The second-order valence-corrected chi connectivity index (χ2v) is 6.35. The summed E-state index contributed by atoms with van der Waals surface area (Å²) in [6.45, 7) is 4.34. The lowest BCUT2D eigenvalue weighted by molar-refractivity contribution is -0.639. The highest BCUT2D eigenvalue weighted by molar-refractivity contribution is 5.77. The van der Waals surface area contributed by atoms with E-state index in [1.54, 1.807) is 23.4 Å². The van der Waals surface area contributed by atoms with Gasteiger partial charge in [-0.3, -0.25) is 4.79 Å². The van der Waals surface area contributed by atoms with E-state index < -0.39 is 17.7 Å². The predicted octanol–water partition coefficient (Wildman–Crippen LogP) is -2.72. The molecule has 1 saturated heterocycles. The molecule has 2 aliphatic rings. The molecule has 0 aliphatic carbocycles. The van der Waals surface area contributed by atoms with Crippen molar-refractivity contribution in [2.75, 3.05) is 12.4 Å². The summed E-state index contributed by atoms with van der Waals surface area (Å²) < 4.78 is 7.31. The molecule has 6 nitrogen and oxygen atoms in total. The standard InChI is InChI=1S/C15H22N3O3.BrH/c1-15(2)14(20)13(18-7-4-3-5-12(18)19)10-9-17(16)8-6-11(10)21-15;/h6,8-9,13-14,20H,3-5,7,16H2,1-2H3;1H/q+1;/p-1/t13-,14+;/m0./s1. The van der Waals surface area contributed by atoms with Crippen LogP contribution < -0.4 is 32.2 Å². The molecule has 3 N–H and O–H groups in total. The predicted molar refractivity (Wildman–Crippen MR) is 75.8 cm³/mol. The number of rotatable bonds is 1. The van der Waals surface area contributed by atoms with Gasteiger partial charge in [0, 0.05) is 19.0 Å². The van der Waals surface area contributed by atoms with Crippen molar-refractivity contribution in [2.45, 2.75) is 50.9 Å². The fourth-order valence-corrected chi connectivity index (χ4v) is 3.19. The van der Waals surface area contributed by atoms with Crippen LogP contribution >= 0.6 is 0 Å². The molecular formula is C15H22BrN3O3. The van der Waals surface area contributed by atoms with Gasteiger partial charge in [0.1, 0.15) is 17.5 Å². The van der Waals surface area contributed by atoms with E-state index in [4.69, 9.17) is 10.6 Å². The second-order valence-electron chi connectivity index (χ2n) is 6.35. The average Bonchev–Trinajstić information content (AvgIpc) is 2.42. The normalized spacial score (nSPS) is 26.7. The number of piperidine rings is 1. The highest BCUT2D eigenvalue weighted by atomic mass is 79.9. The Kier molecular flexibility index (Phi) is 4.67. The Balaban J connectivity index is 0.00000176. The molecule has 1 aromatic rings. The summed E-state index contributed by atoms with van der Waals surface area (Å²) >= 11 is 0. The van der Waals surface area contributed by atoms with Crippen molar-refractivity contribution in [2.24, 2.45) is 0 Å². The van der Waals surface area contributed by atoms with Gasteiger partial charge >= 0.3 is 0 Å². The van der Waals surface area contributed by atoms with Crippen molar-refractivity contribution in [1.82, 2.24) is 4.90 Å². The number of nitrogen functional groups attached to an aromatic ring is 1. The Morgan fingerprint density at radius 2 is 2.18 bits per heavy atom. The number of aromatic nitrogens is 1. The zero-order valence-corrected chi connectivity index (χ0v) is 14.4. The minimum atomic E-state index is -0.797. The second kappa shape index (κ2) is 6.04. The Morgan fingerprint density at radius 3 is 2.86 bits per heavy atom. The topological polar surface area (TPSA) is 79.7 Å². The number of ether oxygens (including phenoxy) is 1. The van der Waals surface area contributed by atoms with E-state index in [0.717, 1.165) is 18.4 Å². The number of nitrogens with zero attached hydrogens (tertiary/aromatic N) is 2. The molecular weight excluding hydrogens is 350 g/mol. The van der Waals surface area contributed by atoms with Crippen LogP contribution in [0.15, 0.2) is 18.5 Å². The molecule has 0 saturated carbocycles. The lowest BCUT2D eigenvalue weighted by atomic mass is 9.85. The van der Waals surface area contributed by atoms with Crippen LogP contribution in [0.2, 0.25) is 0 Å². The van der Waals surface area contributed by atoms with Crippen molar-refractivity contribution in [3.63, 3.8) is 0 Å². The number of hydrogen-bond acceptors (Lipinski definition) is 4. The van der Waals surface area contributed by atoms with E-state index in [-0.39, 0.29) is 22.9 Å². The molecule has 0 radical (unpaired) electrons. The molecule has 0 aromatic carbocycles. The van der Waals surface area contributed by atoms with Crippen molar-refractivity contribution < 1.29 is 36.3 Å². The summed E-state index contributed by atoms with van der Waals surface area (Å²) in [7, 11) is 0. The first-order valence-corrected chi connectivity index (χ1v) is 7.37. The maximum absolute atomic E-state index is 12.3. The number of amides is 1. The highest BCUT2D eigenvalue weighted by Gasteiger charge is 2.48. The summed E-state index contributed by atoms with van der Waals surface area (Å²) in [6.07, 6.45) is 5.03. The molecule has 3 rings (SSSR count). The summed E-state index contributed by atoms with van der Waals surface area (Å²) in [6, 6.07) is 1.37. The van der Waals surface area contributed by atoms with Crippen LogP contribution in [0, 0.1) is 0 Å². The van der Waals surface area contributed by atoms with Crippen LogP contribution in [0.25, 0.3) is 0 Å². The summed E-state index contributed by atoms with van der Waals surface area (Å²) in [4.78, 5) is 14.1. The van der Waals surface area contributed by atoms with Crippen LogP contribution in [0.3, 0.4) is 0 Å². The van der Waals surface area contributed by atoms with Gasteiger partial charge in [-0.05, 0) is 26.7 Å². The molecule has 7 heteroatoms. The molecule has 0 bridgehead atoms. The van der Waals surface area contributed by atoms with Gasteiger partial charge in [0.25, 0.3) is 0 Å². The Hall–Kier alpha value is -1.34. The van der Waals surface area contributed by atoms with E-state index in [0.29, 0.717) is 18.7 Å². The van der Waals surface area contributed by atoms with Gasteiger partial charge in [-0.25, -0.2) is 5.84 Å². The largest absolute Gasteiger partial charge is 1.00 e. The molecule has 2 aliphatic heterocycles. The number of nitrogens with two attached hydrogens (primary N) is 1. The molecule has 2 atom stereocenters. The fraction of sp³-hybridized carbons (Fsp3) is 0.600. The van der Waals surface area contributed by atoms with E-state index >= 15 is 0 Å². The van der Waals surface area contributed by atoms with E-state index in [9.17, 15) is 9.90 Å². The Bertz CT molecular complexity index is 579. The third-order valence-corrected chi connectivity index (χ3v) is 4.37. The molecule has 3 heterocycles. The van der Waals surface area contributed by atoms with E-state index in [1.807, 2.05) is 13.8 Å². The minimum absolute atomic E-state index is 0. The Morgan fingerprint density at radius 1 is 1.45 bits per heavy atom. The number of hydrogen-bond donors (Lipinski definition) is 2. The maximum Gasteiger partial charge on any atom is 0.223 e. The lowest BCUT2D eigenvalue weighted by Crippen LogP contribution is -3.00. The first kappa shape index (κ1) is 17.0. The van der Waals surface area contributed by atoms with Gasteiger partial charge < -0.3 is 31.7 Å². The Labute approximate surface area is 140 Å². The summed E-state index contributed by atoms with van der Waals surface area (Å²) in [5.41, 5.74) is 0.0120. The number of halogens is 1. The number of aliphatic hydroxyl groups excluding tert-OH is 1. The molecule has 1 amide bonds. The van der Waals surface area contributed by atoms with Crippen LogP contribution in [0.5, 0.6) is 5.75 Å². The van der Waals surface area contributed by atoms with Crippen LogP contribution in [0.4, 0.5) is 0 Å². The third kappa shape index (κ3) is 2.79. The zero-order chi connectivity index (χ0) is 15.2. The minimum Gasteiger partial charge on any atom is -1.00 e. The van der Waals surface area contributed by atoms with Crippen molar-refractivity contribution in [1.29, 1.82) is 0 Å². The number of carbonyl (C=O) groups is 1. The molecule has 0 spiro atoms. The molecule has 1 fully saturated rings. The third-order valence-electron chi connectivity index (χ3n) is 4.37. The number of pyridine rings is 1. The lowest BCUT2D eigenvalue weighted by Gasteiger charge is -2.46. The number of likely N-dealkylation sites (tertiary alicyclic amines) is 1. The monoisotopic (exact) mass is 371 g/mol. The van der Waals surface area contributed by atoms with Gasteiger partial charge in [0.15, 0.2) is 0 Å². The van der Waals surface area contributed by atoms with Gasteiger partial charge in [0.2, 0.25) is 18.3 Å². The first-order chi connectivity index (χ1) is 9.90. The summed E-state index contributed by atoms with van der Waals surface area (Å²) in [5.74, 6) is 6.56. The molecule has 22 heavy (non-hydrogen) atoms. The number of fused-ring (bicyclic) bond motifs is 1. The quantitative estimate of drug-likeness (QED) is 0.415. The van der Waals surface area contributed by atoms with E-state index in [1.165, 1.54) is 4.68 Å².